The second-order valence-corrected chi connectivity index (χ2v) is 4.59. The van der Waals surface area contributed by atoms with Gasteiger partial charge in [0.05, 0.1) is 0 Å². The van der Waals surface area contributed by atoms with E-state index in [-0.39, 0.29) is 6.09 Å². The molecule has 1 amide bonds. The summed E-state index contributed by atoms with van der Waals surface area (Å²) in [5.41, 5.74) is 6.39. The molecular formula is C15H25N3O2. The van der Waals surface area contributed by atoms with Crippen molar-refractivity contribution >= 4 is 6.09 Å². The smallest absolute Gasteiger partial charge is 0.407 e. The molecule has 1 aromatic rings. The highest BCUT2D eigenvalue weighted by atomic mass is 16.5. The third-order valence-electron chi connectivity index (χ3n) is 2.82. The highest BCUT2D eigenvalue weighted by Gasteiger charge is 2.01. The number of alkyl carbamates (subject to hydrolysis) is 1. The van der Waals surface area contributed by atoms with Gasteiger partial charge in [0.1, 0.15) is 6.61 Å². The molecule has 0 heterocycles. The van der Waals surface area contributed by atoms with Gasteiger partial charge in [-0.15, -0.1) is 0 Å². The van der Waals surface area contributed by atoms with Gasteiger partial charge in [-0.2, -0.15) is 0 Å². The van der Waals surface area contributed by atoms with Crippen LogP contribution in [0.1, 0.15) is 24.8 Å². The van der Waals surface area contributed by atoms with Gasteiger partial charge in [-0.05, 0) is 44.5 Å². The van der Waals surface area contributed by atoms with Crippen LogP contribution in [0, 0.1) is 0 Å². The van der Waals surface area contributed by atoms with Crippen molar-refractivity contribution in [2.45, 2.75) is 25.9 Å². The SMILES string of the molecule is NCCCNCCCCNC(=O)OCc1ccccc1. The number of rotatable bonds is 10. The quantitative estimate of drug-likeness (QED) is 0.569. The van der Waals surface area contributed by atoms with E-state index in [2.05, 4.69) is 10.6 Å². The predicted octanol–water partition coefficient (Wildman–Crippen LogP) is 1.63. The van der Waals surface area contributed by atoms with Gasteiger partial charge in [-0.3, -0.25) is 0 Å². The lowest BCUT2D eigenvalue weighted by molar-refractivity contribution is 0.139. The maximum absolute atomic E-state index is 11.4. The van der Waals surface area contributed by atoms with Crippen molar-refractivity contribution in [2.75, 3.05) is 26.2 Å². The van der Waals surface area contributed by atoms with Crippen LogP contribution in [-0.4, -0.2) is 32.3 Å². The van der Waals surface area contributed by atoms with E-state index in [0.29, 0.717) is 13.2 Å². The molecule has 0 unspecified atom stereocenters. The van der Waals surface area contributed by atoms with Crippen molar-refractivity contribution < 1.29 is 9.53 Å². The highest BCUT2D eigenvalue weighted by Crippen LogP contribution is 2.00. The average molecular weight is 279 g/mol. The maximum Gasteiger partial charge on any atom is 0.407 e. The number of unbranched alkanes of at least 4 members (excludes halogenated alkanes) is 1. The van der Waals surface area contributed by atoms with Crippen LogP contribution < -0.4 is 16.4 Å². The molecule has 5 heteroatoms. The fourth-order valence-corrected chi connectivity index (χ4v) is 1.69. The zero-order valence-corrected chi connectivity index (χ0v) is 11.9. The van der Waals surface area contributed by atoms with Crippen LogP contribution in [0.5, 0.6) is 0 Å². The van der Waals surface area contributed by atoms with Crippen molar-refractivity contribution in [3.8, 4) is 0 Å². The van der Waals surface area contributed by atoms with E-state index in [0.717, 1.165) is 44.5 Å². The fraction of sp³-hybridized carbons (Fsp3) is 0.533. The summed E-state index contributed by atoms with van der Waals surface area (Å²) >= 11 is 0. The Labute approximate surface area is 120 Å². The van der Waals surface area contributed by atoms with Crippen molar-refractivity contribution in [3.63, 3.8) is 0 Å². The Kier molecular flexibility index (Phi) is 9.26. The Hall–Kier alpha value is -1.59. The zero-order chi connectivity index (χ0) is 14.5. The molecule has 1 aromatic carbocycles. The summed E-state index contributed by atoms with van der Waals surface area (Å²) in [6.07, 6.45) is 2.62. The van der Waals surface area contributed by atoms with Crippen LogP contribution >= 0.6 is 0 Å². The molecular weight excluding hydrogens is 254 g/mol. The van der Waals surface area contributed by atoms with Crippen molar-refractivity contribution in [1.82, 2.24) is 10.6 Å². The van der Waals surface area contributed by atoms with Crippen LogP contribution in [0.2, 0.25) is 0 Å². The fourth-order valence-electron chi connectivity index (χ4n) is 1.69. The molecule has 20 heavy (non-hydrogen) atoms. The lowest BCUT2D eigenvalue weighted by Gasteiger charge is -2.07. The molecule has 0 fully saturated rings. The average Bonchev–Trinajstić information content (AvgIpc) is 2.49. The van der Waals surface area contributed by atoms with Crippen LogP contribution in [0.25, 0.3) is 0 Å². The van der Waals surface area contributed by atoms with Gasteiger partial charge >= 0.3 is 6.09 Å². The molecule has 0 saturated carbocycles. The van der Waals surface area contributed by atoms with Crippen LogP contribution in [0.3, 0.4) is 0 Å². The van der Waals surface area contributed by atoms with E-state index in [1.165, 1.54) is 0 Å². The third kappa shape index (κ3) is 8.50. The van der Waals surface area contributed by atoms with E-state index in [1.807, 2.05) is 30.3 Å². The number of ether oxygens (including phenoxy) is 1. The van der Waals surface area contributed by atoms with Crippen LogP contribution in [-0.2, 0) is 11.3 Å². The van der Waals surface area contributed by atoms with Crippen molar-refractivity contribution in [3.05, 3.63) is 35.9 Å². The maximum atomic E-state index is 11.4. The number of nitrogens with two attached hydrogens (primary N) is 1. The summed E-state index contributed by atoms with van der Waals surface area (Å²) < 4.78 is 5.11. The molecule has 4 N–H and O–H groups in total. The summed E-state index contributed by atoms with van der Waals surface area (Å²) in [5, 5.41) is 6.04. The summed E-state index contributed by atoms with van der Waals surface area (Å²) in [6, 6.07) is 9.65. The summed E-state index contributed by atoms with van der Waals surface area (Å²) in [6.45, 7) is 3.60. The molecule has 0 aliphatic carbocycles. The molecule has 1 rings (SSSR count). The number of amides is 1. The van der Waals surface area contributed by atoms with Crippen molar-refractivity contribution in [2.24, 2.45) is 5.73 Å². The van der Waals surface area contributed by atoms with E-state index in [4.69, 9.17) is 10.5 Å². The summed E-state index contributed by atoms with van der Waals surface area (Å²) in [4.78, 5) is 11.4. The minimum atomic E-state index is -0.357. The molecule has 0 aliphatic rings. The first-order valence-corrected chi connectivity index (χ1v) is 7.18. The Morgan fingerprint density at radius 1 is 1.05 bits per heavy atom. The van der Waals surface area contributed by atoms with Gasteiger partial charge in [-0.1, -0.05) is 30.3 Å². The van der Waals surface area contributed by atoms with Gasteiger partial charge < -0.3 is 21.1 Å². The summed E-state index contributed by atoms with van der Waals surface area (Å²) in [5.74, 6) is 0. The lowest BCUT2D eigenvalue weighted by Crippen LogP contribution is -2.26. The standard InChI is InChI=1S/C15H25N3O2/c16-9-6-11-17-10-4-5-12-18-15(19)20-13-14-7-2-1-3-8-14/h1-3,7-8,17H,4-6,9-13,16H2,(H,18,19). The van der Waals surface area contributed by atoms with E-state index in [9.17, 15) is 4.79 Å². The molecule has 0 aromatic heterocycles. The van der Waals surface area contributed by atoms with Gasteiger partial charge in [0.25, 0.3) is 0 Å². The molecule has 0 bridgehead atoms. The monoisotopic (exact) mass is 279 g/mol. The highest BCUT2D eigenvalue weighted by molar-refractivity contribution is 5.67. The molecule has 112 valence electrons. The zero-order valence-electron chi connectivity index (χ0n) is 11.9. The Bertz CT molecular complexity index is 357. The number of hydrogen-bond donors (Lipinski definition) is 3. The Morgan fingerprint density at radius 2 is 1.75 bits per heavy atom. The predicted molar refractivity (Wildman–Crippen MR) is 80.4 cm³/mol. The first-order chi connectivity index (χ1) is 9.83. The van der Waals surface area contributed by atoms with Crippen molar-refractivity contribution in [1.29, 1.82) is 0 Å². The first-order valence-electron chi connectivity index (χ1n) is 7.18. The number of carbonyl (C=O) groups is 1. The molecule has 0 aliphatic heterocycles. The third-order valence-corrected chi connectivity index (χ3v) is 2.82. The van der Waals surface area contributed by atoms with Gasteiger partial charge in [0, 0.05) is 6.54 Å². The Morgan fingerprint density at radius 3 is 2.50 bits per heavy atom. The normalized spacial score (nSPS) is 10.2. The molecule has 5 nitrogen and oxygen atoms in total. The van der Waals surface area contributed by atoms with Gasteiger partial charge in [-0.25, -0.2) is 4.79 Å². The topological polar surface area (TPSA) is 76.4 Å². The minimum absolute atomic E-state index is 0.313. The first kappa shape index (κ1) is 16.5. The largest absolute Gasteiger partial charge is 0.445 e. The van der Waals surface area contributed by atoms with Crippen LogP contribution in [0.15, 0.2) is 30.3 Å². The van der Waals surface area contributed by atoms with E-state index >= 15 is 0 Å². The molecule has 0 spiro atoms. The van der Waals surface area contributed by atoms with E-state index < -0.39 is 0 Å². The van der Waals surface area contributed by atoms with Crippen LogP contribution in [0.4, 0.5) is 4.79 Å². The number of benzene rings is 1. The lowest BCUT2D eigenvalue weighted by atomic mass is 10.2. The number of nitrogens with one attached hydrogen (secondary N) is 2. The Balaban J connectivity index is 1.93. The number of carbonyl (C=O) groups excluding carboxylic acids is 1. The van der Waals surface area contributed by atoms with Gasteiger partial charge in [0.15, 0.2) is 0 Å². The number of hydrogen-bond acceptors (Lipinski definition) is 4. The molecule has 0 atom stereocenters. The molecule has 0 saturated heterocycles. The minimum Gasteiger partial charge on any atom is -0.445 e. The van der Waals surface area contributed by atoms with E-state index in [1.54, 1.807) is 0 Å². The second-order valence-electron chi connectivity index (χ2n) is 4.59. The molecule has 0 radical (unpaired) electrons. The second kappa shape index (κ2) is 11.3. The van der Waals surface area contributed by atoms with Gasteiger partial charge in [0.2, 0.25) is 0 Å². The summed E-state index contributed by atoms with van der Waals surface area (Å²) in [7, 11) is 0.